The fraction of sp³-hybridized carbons (Fsp3) is 0.857. The smallest absolute Gasteiger partial charge is 0.329 e. The Balaban J connectivity index is 2.41. The quantitative estimate of drug-likeness (QED) is 0.631. The van der Waals surface area contributed by atoms with Crippen molar-refractivity contribution < 1.29 is 14.7 Å². The van der Waals surface area contributed by atoms with Crippen LogP contribution in [-0.2, 0) is 4.79 Å². The molecule has 0 radical (unpaired) electrons. The highest BCUT2D eigenvalue weighted by molar-refractivity contribution is 7.98. The van der Waals surface area contributed by atoms with Crippen molar-refractivity contribution in [1.82, 2.24) is 10.6 Å². The summed E-state index contributed by atoms with van der Waals surface area (Å²) in [6.07, 6.45) is 6.96. The number of carboxylic acid groups (broad SMARTS) is 1. The highest BCUT2D eigenvalue weighted by Crippen LogP contribution is 2.32. The topological polar surface area (TPSA) is 78.4 Å². The fourth-order valence-electron chi connectivity index (χ4n) is 2.75. The number of thioether (sulfide) groups is 1. The first-order valence-electron chi connectivity index (χ1n) is 7.28. The predicted molar refractivity (Wildman–Crippen MR) is 82.1 cm³/mol. The van der Waals surface area contributed by atoms with Crippen molar-refractivity contribution in [3.63, 3.8) is 0 Å². The van der Waals surface area contributed by atoms with Gasteiger partial charge in [-0.25, -0.2) is 9.59 Å². The molecule has 116 valence electrons. The molecule has 20 heavy (non-hydrogen) atoms. The molecule has 0 heterocycles. The molecule has 0 saturated heterocycles. The molecule has 0 bridgehead atoms. The van der Waals surface area contributed by atoms with Gasteiger partial charge in [0.25, 0.3) is 0 Å². The van der Waals surface area contributed by atoms with E-state index in [1.54, 1.807) is 11.8 Å². The normalized spacial score (nSPS) is 26.0. The van der Waals surface area contributed by atoms with Crippen molar-refractivity contribution in [1.29, 1.82) is 0 Å². The third-order valence-electron chi connectivity index (χ3n) is 3.82. The van der Waals surface area contributed by atoms with Gasteiger partial charge in [0.05, 0.1) is 0 Å². The summed E-state index contributed by atoms with van der Waals surface area (Å²) in [5.41, 5.74) is -1.08. The second-order valence-electron chi connectivity index (χ2n) is 5.67. The fourth-order valence-corrected chi connectivity index (χ4v) is 3.24. The molecular weight excluding hydrogens is 276 g/mol. The maximum absolute atomic E-state index is 11.9. The van der Waals surface area contributed by atoms with Crippen LogP contribution in [0.1, 0.15) is 45.4 Å². The number of aliphatic carboxylic acids is 1. The largest absolute Gasteiger partial charge is 0.480 e. The number of nitrogens with one attached hydrogen (secondary N) is 2. The summed E-state index contributed by atoms with van der Waals surface area (Å²) in [6.45, 7) is 2.64. The number of carbonyl (C=O) groups excluding carboxylic acids is 1. The van der Waals surface area contributed by atoms with Gasteiger partial charge in [0.15, 0.2) is 0 Å². The summed E-state index contributed by atoms with van der Waals surface area (Å²) in [7, 11) is 0. The molecule has 6 heteroatoms. The third-order valence-corrected chi connectivity index (χ3v) is 4.52. The molecule has 0 aliphatic heterocycles. The molecule has 0 spiro atoms. The van der Waals surface area contributed by atoms with Crippen molar-refractivity contribution in [2.24, 2.45) is 5.92 Å². The van der Waals surface area contributed by atoms with Gasteiger partial charge in [-0.1, -0.05) is 19.8 Å². The van der Waals surface area contributed by atoms with E-state index in [2.05, 4.69) is 16.9 Å². The summed E-state index contributed by atoms with van der Waals surface area (Å²) in [4.78, 5) is 23.4. The zero-order chi connectivity index (χ0) is 15.0. The molecule has 1 fully saturated rings. The van der Waals surface area contributed by atoms with Crippen LogP contribution in [0.5, 0.6) is 0 Å². The Morgan fingerprint density at radius 3 is 2.75 bits per heavy atom. The first-order chi connectivity index (χ1) is 9.50. The molecule has 2 atom stereocenters. The number of carbonyl (C=O) groups is 2. The van der Waals surface area contributed by atoms with Crippen LogP contribution in [0, 0.1) is 5.92 Å². The summed E-state index contributed by atoms with van der Waals surface area (Å²) >= 11 is 1.79. The Morgan fingerprint density at radius 2 is 2.15 bits per heavy atom. The molecule has 5 nitrogen and oxygen atoms in total. The predicted octanol–water partition coefficient (Wildman–Crippen LogP) is 2.46. The van der Waals surface area contributed by atoms with E-state index >= 15 is 0 Å². The van der Waals surface area contributed by atoms with E-state index in [1.807, 2.05) is 6.92 Å². The first kappa shape index (κ1) is 17.1. The molecular formula is C14H26N2O3S. The van der Waals surface area contributed by atoms with Gasteiger partial charge in [-0.05, 0) is 43.6 Å². The maximum Gasteiger partial charge on any atom is 0.329 e. The van der Waals surface area contributed by atoms with E-state index in [9.17, 15) is 14.7 Å². The second-order valence-corrected chi connectivity index (χ2v) is 6.66. The molecule has 0 aromatic carbocycles. The first-order valence-corrected chi connectivity index (χ1v) is 8.68. The zero-order valence-corrected chi connectivity index (χ0v) is 13.2. The number of unbranched alkanes of at least 4 members (excludes halogenated alkanes) is 1. The summed E-state index contributed by atoms with van der Waals surface area (Å²) in [6, 6.07) is -0.356. The number of urea groups is 1. The minimum absolute atomic E-state index is 0.335. The Morgan fingerprint density at radius 1 is 1.40 bits per heavy atom. The standard InChI is InChI=1S/C14H26N2O3S/c1-11-6-5-7-14(10-11,12(17)18)16-13(19)15-8-3-4-9-20-2/h11H,3-10H2,1-2H3,(H,17,18)(H2,15,16,19). The Labute approximate surface area is 125 Å². The maximum atomic E-state index is 11.9. The number of carboxylic acids is 1. The summed E-state index contributed by atoms with van der Waals surface area (Å²) < 4.78 is 0. The molecule has 2 unspecified atom stereocenters. The van der Waals surface area contributed by atoms with Gasteiger partial charge in [-0.2, -0.15) is 11.8 Å². The van der Waals surface area contributed by atoms with Crippen molar-refractivity contribution in [3.05, 3.63) is 0 Å². The monoisotopic (exact) mass is 302 g/mol. The van der Waals surface area contributed by atoms with Gasteiger partial charge in [0.2, 0.25) is 0 Å². The zero-order valence-electron chi connectivity index (χ0n) is 12.4. The molecule has 1 saturated carbocycles. The Bertz CT molecular complexity index is 338. The van der Waals surface area contributed by atoms with Crippen molar-refractivity contribution in [2.45, 2.75) is 51.0 Å². The number of amides is 2. The molecule has 3 N–H and O–H groups in total. The minimum Gasteiger partial charge on any atom is -0.480 e. The van der Waals surface area contributed by atoms with E-state index < -0.39 is 11.5 Å². The molecule has 1 rings (SSSR count). The molecule has 1 aliphatic carbocycles. The lowest BCUT2D eigenvalue weighted by Crippen LogP contribution is -2.59. The van der Waals surface area contributed by atoms with Crippen LogP contribution >= 0.6 is 11.8 Å². The lowest BCUT2D eigenvalue weighted by atomic mass is 9.76. The third kappa shape index (κ3) is 5.23. The number of hydrogen-bond acceptors (Lipinski definition) is 3. The SMILES string of the molecule is CSCCCCNC(=O)NC1(C(=O)O)CCCC(C)C1. The van der Waals surface area contributed by atoms with E-state index in [1.165, 1.54) is 0 Å². The van der Waals surface area contributed by atoms with Crippen LogP contribution in [0.2, 0.25) is 0 Å². The van der Waals surface area contributed by atoms with Gasteiger partial charge < -0.3 is 15.7 Å². The molecule has 0 aromatic rings. The average molecular weight is 302 g/mol. The van der Waals surface area contributed by atoms with Crippen LogP contribution < -0.4 is 10.6 Å². The van der Waals surface area contributed by atoms with Crippen LogP contribution in [0.25, 0.3) is 0 Å². The van der Waals surface area contributed by atoms with E-state index in [0.717, 1.165) is 31.4 Å². The van der Waals surface area contributed by atoms with Crippen LogP contribution in [0.15, 0.2) is 0 Å². The highest BCUT2D eigenvalue weighted by Gasteiger charge is 2.43. The second kappa shape index (κ2) is 8.39. The lowest BCUT2D eigenvalue weighted by molar-refractivity contribution is -0.146. The van der Waals surface area contributed by atoms with Crippen LogP contribution in [-0.4, -0.2) is 41.2 Å². The van der Waals surface area contributed by atoms with E-state index in [-0.39, 0.29) is 6.03 Å². The highest BCUT2D eigenvalue weighted by atomic mass is 32.2. The molecule has 1 aliphatic rings. The van der Waals surface area contributed by atoms with Crippen molar-refractivity contribution in [2.75, 3.05) is 18.6 Å². The van der Waals surface area contributed by atoms with Crippen LogP contribution in [0.4, 0.5) is 4.79 Å². The molecule has 0 aromatic heterocycles. The van der Waals surface area contributed by atoms with Crippen LogP contribution in [0.3, 0.4) is 0 Å². The van der Waals surface area contributed by atoms with Gasteiger partial charge in [-0.3, -0.25) is 0 Å². The summed E-state index contributed by atoms with van der Waals surface area (Å²) in [5.74, 6) is 0.503. The Kier molecular flexibility index (Phi) is 7.19. The van der Waals surface area contributed by atoms with Gasteiger partial charge in [0, 0.05) is 6.54 Å². The number of hydrogen-bond donors (Lipinski definition) is 3. The van der Waals surface area contributed by atoms with Gasteiger partial charge in [-0.15, -0.1) is 0 Å². The number of rotatable bonds is 7. The van der Waals surface area contributed by atoms with E-state index in [0.29, 0.717) is 25.3 Å². The molecule has 2 amide bonds. The summed E-state index contributed by atoms with van der Waals surface area (Å²) in [5, 5.41) is 14.9. The average Bonchev–Trinajstić information content (AvgIpc) is 2.38. The van der Waals surface area contributed by atoms with Gasteiger partial charge >= 0.3 is 12.0 Å². The van der Waals surface area contributed by atoms with Crippen molar-refractivity contribution >= 4 is 23.8 Å². The van der Waals surface area contributed by atoms with E-state index in [4.69, 9.17) is 0 Å². The minimum atomic E-state index is -1.08. The Hall–Kier alpha value is -0.910. The van der Waals surface area contributed by atoms with Crippen molar-refractivity contribution in [3.8, 4) is 0 Å². The lowest BCUT2D eigenvalue weighted by Gasteiger charge is -2.37. The van der Waals surface area contributed by atoms with Gasteiger partial charge in [0.1, 0.15) is 5.54 Å².